The summed E-state index contributed by atoms with van der Waals surface area (Å²) >= 11 is 3.43. The monoisotopic (exact) mass is 347 g/mol. The molecule has 1 aromatic carbocycles. The van der Waals surface area contributed by atoms with Crippen LogP contribution in [-0.2, 0) is 24.2 Å². The highest BCUT2D eigenvalue weighted by Crippen LogP contribution is 2.24. The fraction of sp³-hybridized carbons (Fsp3) is 0.375. The molecule has 1 heterocycles. The number of hydrogen-bond acceptors (Lipinski definition) is 2. The normalized spacial score (nSPS) is 17.3. The van der Waals surface area contributed by atoms with Gasteiger partial charge in [-0.2, -0.15) is 5.10 Å². The van der Waals surface area contributed by atoms with Crippen LogP contribution >= 0.6 is 15.9 Å². The molecule has 110 valence electrons. The van der Waals surface area contributed by atoms with Crippen molar-refractivity contribution >= 4 is 27.5 Å². The third-order valence-corrected chi connectivity index (χ3v) is 4.51. The van der Waals surface area contributed by atoms with Crippen molar-refractivity contribution in [3.63, 3.8) is 0 Å². The van der Waals surface area contributed by atoms with Gasteiger partial charge in [-0.05, 0) is 58.8 Å². The molecule has 4 nitrogen and oxygen atoms in total. The van der Waals surface area contributed by atoms with Gasteiger partial charge in [0, 0.05) is 10.7 Å². The molecule has 1 unspecified atom stereocenters. The zero-order valence-corrected chi connectivity index (χ0v) is 13.6. The first kappa shape index (κ1) is 14.3. The maximum atomic E-state index is 12.1. The van der Waals surface area contributed by atoms with Gasteiger partial charge in [0.1, 0.15) is 6.54 Å². The molecule has 0 saturated carbocycles. The van der Waals surface area contributed by atoms with E-state index in [0.717, 1.165) is 28.7 Å². The van der Waals surface area contributed by atoms with Crippen LogP contribution in [0.5, 0.6) is 0 Å². The van der Waals surface area contributed by atoms with Crippen LogP contribution in [0.4, 0.5) is 5.69 Å². The number of nitrogens with one attached hydrogen (secondary N) is 1. The van der Waals surface area contributed by atoms with Crippen molar-refractivity contribution in [3.8, 4) is 0 Å². The molecule has 0 radical (unpaired) electrons. The van der Waals surface area contributed by atoms with Gasteiger partial charge in [-0.15, -0.1) is 0 Å². The summed E-state index contributed by atoms with van der Waals surface area (Å²) in [6, 6.07) is 7.60. The Bertz CT molecular complexity index is 665. The number of anilines is 1. The van der Waals surface area contributed by atoms with Gasteiger partial charge in [0.2, 0.25) is 5.91 Å². The second-order valence-electron chi connectivity index (χ2n) is 5.67. The van der Waals surface area contributed by atoms with E-state index < -0.39 is 0 Å². The molecule has 1 atom stereocenters. The van der Waals surface area contributed by atoms with Crippen molar-refractivity contribution in [1.82, 2.24) is 9.78 Å². The van der Waals surface area contributed by atoms with E-state index in [9.17, 15) is 4.79 Å². The summed E-state index contributed by atoms with van der Waals surface area (Å²) in [5.41, 5.74) is 3.23. The van der Waals surface area contributed by atoms with Crippen molar-refractivity contribution in [2.24, 2.45) is 5.92 Å². The lowest BCUT2D eigenvalue weighted by Crippen LogP contribution is -2.19. The molecule has 1 N–H and O–H groups in total. The van der Waals surface area contributed by atoms with E-state index in [-0.39, 0.29) is 12.5 Å². The van der Waals surface area contributed by atoms with Crippen molar-refractivity contribution in [2.75, 3.05) is 5.32 Å². The lowest BCUT2D eigenvalue weighted by atomic mass is 9.89. The number of amides is 1. The Kier molecular flexibility index (Phi) is 4.10. The lowest BCUT2D eigenvalue weighted by Gasteiger charge is -2.15. The molecule has 3 rings (SSSR count). The molecule has 21 heavy (non-hydrogen) atoms. The third-order valence-electron chi connectivity index (χ3n) is 3.82. The summed E-state index contributed by atoms with van der Waals surface area (Å²) in [6.07, 6.45) is 5.30. The van der Waals surface area contributed by atoms with Gasteiger partial charge >= 0.3 is 0 Å². The predicted octanol–water partition coefficient (Wildman–Crippen LogP) is 3.41. The Labute approximate surface area is 132 Å². The van der Waals surface area contributed by atoms with Crippen LogP contribution in [0.1, 0.15) is 24.6 Å². The highest BCUT2D eigenvalue weighted by molar-refractivity contribution is 9.10. The summed E-state index contributed by atoms with van der Waals surface area (Å²) in [7, 11) is 0. The zero-order chi connectivity index (χ0) is 14.8. The predicted molar refractivity (Wildman–Crippen MR) is 86.2 cm³/mol. The minimum atomic E-state index is -0.0604. The number of aryl methyl sites for hydroxylation is 1. The fourth-order valence-electron chi connectivity index (χ4n) is 2.72. The first-order valence-electron chi connectivity index (χ1n) is 7.21. The fourth-order valence-corrected chi connectivity index (χ4v) is 3.11. The summed E-state index contributed by atoms with van der Waals surface area (Å²) in [5.74, 6) is 0.652. The smallest absolute Gasteiger partial charge is 0.246 e. The number of carbonyl (C=O) groups excluding carboxylic acids is 1. The Morgan fingerprint density at radius 1 is 1.48 bits per heavy atom. The van der Waals surface area contributed by atoms with Crippen LogP contribution in [0.25, 0.3) is 0 Å². The second-order valence-corrected chi connectivity index (χ2v) is 6.53. The Morgan fingerprint density at radius 3 is 3.10 bits per heavy atom. The molecule has 1 amide bonds. The number of benzene rings is 1. The van der Waals surface area contributed by atoms with Crippen molar-refractivity contribution in [2.45, 2.75) is 32.7 Å². The van der Waals surface area contributed by atoms with E-state index >= 15 is 0 Å². The van der Waals surface area contributed by atoms with Gasteiger partial charge in [-0.25, -0.2) is 0 Å². The van der Waals surface area contributed by atoms with E-state index in [0.29, 0.717) is 5.92 Å². The highest BCUT2D eigenvalue weighted by Gasteiger charge is 2.19. The summed E-state index contributed by atoms with van der Waals surface area (Å²) < 4.78 is 2.64. The van der Waals surface area contributed by atoms with E-state index in [4.69, 9.17) is 0 Å². The van der Waals surface area contributed by atoms with Crippen molar-refractivity contribution < 1.29 is 4.79 Å². The van der Waals surface area contributed by atoms with Gasteiger partial charge < -0.3 is 5.32 Å². The molecule has 0 fully saturated rings. The van der Waals surface area contributed by atoms with Crippen LogP contribution in [0, 0.1) is 5.92 Å². The molecule has 5 heteroatoms. The minimum absolute atomic E-state index is 0.0604. The van der Waals surface area contributed by atoms with Crippen molar-refractivity contribution in [1.29, 1.82) is 0 Å². The summed E-state index contributed by atoms with van der Waals surface area (Å²) in [5, 5.41) is 7.43. The third kappa shape index (κ3) is 3.35. The molecular formula is C16H18BrN3O. The minimum Gasteiger partial charge on any atom is -0.323 e. The molecular weight excluding hydrogens is 330 g/mol. The Hall–Kier alpha value is -1.62. The second kappa shape index (κ2) is 6.02. The molecule has 1 aliphatic rings. The van der Waals surface area contributed by atoms with Gasteiger partial charge in [0.25, 0.3) is 0 Å². The van der Waals surface area contributed by atoms with Gasteiger partial charge in [-0.3, -0.25) is 9.48 Å². The quantitative estimate of drug-likeness (QED) is 0.924. The maximum absolute atomic E-state index is 12.1. The average molecular weight is 348 g/mol. The zero-order valence-electron chi connectivity index (χ0n) is 12.0. The van der Waals surface area contributed by atoms with Gasteiger partial charge in [-0.1, -0.05) is 19.1 Å². The lowest BCUT2D eigenvalue weighted by molar-refractivity contribution is -0.116. The number of nitrogens with zero attached hydrogens (tertiary/aromatic N) is 2. The molecule has 0 spiro atoms. The molecule has 1 aromatic heterocycles. The van der Waals surface area contributed by atoms with Crippen LogP contribution in [0.3, 0.4) is 0 Å². The summed E-state index contributed by atoms with van der Waals surface area (Å²) in [6.45, 7) is 2.52. The van der Waals surface area contributed by atoms with E-state index in [2.05, 4.69) is 33.3 Å². The van der Waals surface area contributed by atoms with Crippen LogP contribution in [-0.4, -0.2) is 15.7 Å². The largest absolute Gasteiger partial charge is 0.323 e. The SMILES string of the molecule is CC1CCc2nn(CC(=O)Nc3ccccc3Br)cc2C1. The number of rotatable bonds is 3. The van der Waals surface area contributed by atoms with E-state index in [1.54, 1.807) is 4.68 Å². The average Bonchev–Trinajstić information content (AvgIpc) is 2.82. The number of fused-ring (bicyclic) bond motifs is 1. The van der Waals surface area contributed by atoms with Crippen LogP contribution in [0.15, 0.2) is 34.9 Å². The molecule has 0 aliphatic heterocycles. The van der Waals surface area contributed by atoms with Gasteiger partial charge in [0.05, 0.1) is 11.4 Å². The standard InChI is InChI=1S/C16H18BrN3O/c1-11-6-7-14-12(8-11)9-20(19-14)10-16(21)18-15-5-3-2-4-13(15)17/h2-5,9,11H,6-8,10H2,1H3,(H,18,21). The number of hydrogen-bond donors (Lipinski definition) is 1. The van der Waals surface area contributed by atoms with E-state index in [1.807, 2.05) is 30.5 Å². The maximum Gasteiger partial charge on any atom is 0.246 e. The molecule has 2 aromatic rings. The van der Waals surface area contributed by atoms with E-state index in [1.165, 1.54) is 12.0 Å². The molecule has 0 saturated heterocycles. The molecule has 0 bridgehead atoms. The Morgan fingerprint density at radius 2 is 2.29 bits per heavy atom. The number of para-hydroxylation sites is 1. The van der Waals surface area contributed by atoms with Crippen molar-refractivity contribution in [3.05, 3.63) is 46.2 Å². The molecule has 1 aliphatic carbocycles. The van der Waals surface area contributed by atoms with Gasteiger partial charge in [0.15, 0.2) is 0 Å². The number of aromatic nitrogens is 2. The number of carbonyl (C=O) groups is 1. The van der Waals surface area contributed by atoms with Crippen LogP contribution < -0.4 is 5.32 Å². The first-order valence-corrected chi connectivity index (χ1v) is 8.00. The Balaban J connectivity index is 1.67. The number of halogens is 1. The summed E-state index contributed by atoms with van der Waals surface area (Å²) in [4.78, 5) is 12.1. The highest BCUT2D eigenvalue weighted by atomic mass is 79.9. The topological polar surface area (TPSA) is 46.9 Å². The van der Waals surface area contributed by atoms with Crippen LogP contribution in [0.2, 0.25) is 0 Å². The first-order chi connectivity index (χ1) is 10.1.